The van der Waals surface area contributed by atoms with Crippen LogP contribution in [0.1, 0.15) is 12.5 Å². The molecule has 0 bridgehead atoms. The third-order valence-electron chi connectivity index (χ3n) is 2.26. The Labute approximate surface area is 105 Å². The standard InChI is InChI=1S/C10H14N2O5S/c1-7-3-4-9(5-10(7)12(14)15)18(16,17)11-6-8(2)13/h3-5,8,11,13H,6H2,1-2H3/t8-/m0/s1. The van der Waals surface area contributed by atoms with E-state index in [2.05, 4.69) is 4.72 Å². The fraction of sp³-hybridized carbons (Fsp3) is 0.400. The number of nitro benzene ring substituents is 1. The van der Waals surface area contributed by atoms with E-state index >= 15 is 0 Å². The van der Waals surface area contributed by atoms with Gasteiger partial charge in [-0.3, -0.25) is 10.1 Å². The number of nitro groups is 1. The number of benzene rings is 1. The van der Waals surface area contributed by atoms with Crippen molar-refractivity contribution in [3.8, 4) is 0 Å². The Balaban J connectivity index is 3.10. The predicted octanol–water partition coefficient (Wildman–Crippen LogP) is 0.562. The van der Waals surface area contributed by atoms with Gasteiger partial charge in [-0.05, 0) is 19.9 Å². The van der Waals surface area contributed by atoms with Crippen LogP contribution in [0.25, 0.3) is 0 Å². The van der Waals surface area contributed by atoms with E-state index in [1.165, 1.54) is 26.0 Å². The Morgan fingerprint density at radius 2 is 2.11 bits per heavy atom. The maximum Gasteiger partial charge on any atom is 0.273 e. The number of hydrogen-bond donors (Lipinski definition) is 2. The van der Waals surface area contributed by atoms with Gasteiger partial charge < -0.3 is 5.11 Å². The SMILES string of the molecule is Cc1ccc(S(=O)(=O)NC[C@H](C)O)cc1[N+](=O)[O-]. The summed E-state index contributed by atoms with van der Waals surface area (Å²) < 4.78 is 25.7. The molecule has 0 aliphatic heterocycles. The number of nitrogens with one attached hydrogen (secondary N) is 1. The van der Waals surface area contributed by atoms with E-state index in [1.54, 1.807) is 0 Å². The van der Waals surface area contributed by atoms with Crippen molar-refractivity contribution in [2.75, 3.05) is 6.54 Å². The predicted molar refractivity (Wildman–Crippen MR) is 64.7 cm³/mol. The van der Waals surface area contributed by atoms with Crippen molar-refractivity contribution >= 4 is 15.7 Å². The van der Waals surface area contributed by atoms with Crippen molar-refractivity contribution in [1.29, 1.82) is 0 Å². The van der Waals surface area contributed by atoms with Crippen molar-refractivity contribution in [1.82, 2.24) is 4.72 Å². The molecule has 1 aromatic rings. The summed E-state index contributed by atoms with van der Waals surface area (Å²) >= 11 is 0. The van der Waals surface area contributed by atoms with Crippen molar-refractivity contribution in [2.45, 2.75) is 24.8 Å². The Kier molecular flexibility index (Phi) is 4.38. The number of rotatable bonds is 5. The van der Waals surface area contributed by atoms with Gasteiger partial charge in [-0.15, -0.1) is 0 Å². The normalized spacial score (nSPS) is 13.3. The van der Waals surface area contributed by atoms with Crippen LogP contribution >= 0.6 is 0 Å². The smallest absolute Gasteiger partial charge is 0.273 e. The summed E-state index contributed by atoms with van der Waals surface area (Å²) in [5.74, 6) is 0. The highest BCUT2D eigenvalue weighted by molar-refractivity contribution is 7.89. The monoisotopic (exact) mass is 274 g/mol. The van der Waals surface area contributed by atoms with E-state index in [-0.39, 0.29) is 17.1 Å². The van der Waals surface area contributed by atoms with E-state index in [0.29, 0.717) is 5.56 Å². The van der Waals surface area contributed by atoms with Crippen LogP contribution in [0, 0.1) is 17.0 Å². The van der Waals surface area contributed by atoms with Gasteiger partial charge in [0.05, 0.1) is 15.9 Å². The Morgan fingerprint density at radius 3 is 2.61 bits per heavy atom. The van der Waals surface area contributed by atoms with Crippen molar-refractivity contribution < 1.29 is 18.4 Å². The van der Waals surface area contributed by atoms with Crippen LogP contribution in [0.2, 0.25) is 0 Å². The van der Waals surface area contributed by atoms with Crippen LogP contribution in [0.3, 0.4) is 0 Å². The molecule has 7 nitrogen and oxygen atoms in total. The minimum absolute atomic E-state index is 0.149. The molecule has 0 unspecified atom stereocenters. The quantitative estimate of drug-likeness (QED) is 0.602. The number of nitrogens with zero attached hydrogens (tertiary/aromatic N) is 1. The third kappa shape index (κ3) is 3.49. The number of hydrogen-bond acceptors (Lipinski definition) is 5. The lowest BCUT2D eigenvalue weighted by molar-refractivity contribution is -0.385. The molecule has 0 spiro atoms. The second-order valence-electron chi connectivity index (χ2n) is 3.91. The highest BCUT2D eigenvalue weighted by atomic mass is 32.2. The molecule has 0 fully saturated rings. The summed E-state index contributed by atoms with van der Waals surface area (Å²) in [6, 6.07) is 3.65. The average molecular weight is 274 g/mol. The van der Waals surface area contributed by atoms with Crippen LogP contribution in [0.15, 0.2) is 23.1 Å². The Hall–Kier alpha value is -1.51. The fourth-order valence-corrected chi connectivity index (χ4v) is 2.41. The van der Waals surface area contributed by atoms with Gasteiger partial charge in [-0.2, -0.15) is 0 Å². The lowest BCUT2D eigenvalue weighted by Crippen LogP contribution is -2.30. The molecule has 1 aromatic carbocycles. The molecule has 1 rings (SSSR count). The molecule has 0 heterocycles. The molecule has 0 aliphatic carbocycles. The van der Waals surface area contributed by atoms with E-state index in [1.807, 2.05) is 0 Å². The molecular weight excluding hydrogens is 260 g/mol. The first-order chi connectivity index (χ1) is 8.24. The molecule has 0 aromatic heterocycles. The second kappa shape index (κ2) is 5.42. The van der Waals surface area contributed by atoms with Crippen LogP contribution in [-0.2, 0) is 10.0 Å². The molecule has 2 N–H and O–H groups in total. The van der Waals surface area contributed by atoms with Gasteiger partial charge in [-0.25, -0.2) is 13.1 Å². The molecule has 0 saturated heterocycles. The molecular formula is C10H14N2O5S. The average Bonchev–Trinajstić information content (AvgIpc) is 2.26. The zero-order valence-corrected chi connectivity index (χ0v) is 10.8. The molecule has 0 radical (unpaired) electrons. The summed E-state index contributed by atoms with van der Waals surface area (Å²) in [4.78, 5) is 9.89. The zero-order valence-electron chi connectivity index (χ0n) is 9.95. The van der Waals surface area contributed by atoms with Crippen LogP contribution < -0.4 is 4.72 Å². The van der Waals surface area contributed by atoms with E-state index in [0.717, 1.165) is 6.07 Å². The maximum absolute atomic E-state index is 11.8. The molecule has 18 heavy (non-hydrogen) atoms. The minimum atomic E-state index is -3.84. The number of aliphatic hydroxyl groups excluding tert-OH is 1. The van der Waals surface area contributed by atoms with Crippen molar-refractivity contribution in [3.05, 3.63) is 33.9 Å². The molecule has 8 heteroatoms. The first-order valence-electron chi connectivity index (χ1n) is 5.17. The highest BCUT2D eigenvalue weighted by Crippen LogP contribution is 2.21. The minimum Gasteiger partial charge on any atom is -0.392 e. The van der Waals surface area contributed by atoms with Gasteiger partial charge in [0.1, 0.15) is 0 Å². The maximum atomic E-state index is 11.8. The molecule has 0 aliphatic rings. The van der Waals surface area contributed by atoms with Crippen molar-refractivity contribution in [2.24, 2.45) is 0 Å². The largest absolute Gasteiger partial charge is 0.392 e. The summed E-state index contributed by atoms with van der Waals surface area (Å²) in [6.07, 6.45) is -0.833. The zero-order chi connectivity index (χ0) is 13.9. The molecule has 100 valence electrons. The van der Waals surface area contributed by atoms with E-state index < -0.39 is 21.1 Å². The summed E-state index contributed by atoms with van der Waals surface area (Å²) in [6.45, 7) is 2.81. The number of aryl methyl sites for hydroxylation is 1. The summed E-state index contributed by atoms with van der Waals surface area (Å²) in [5, 5.41) is 19.7. The number of aliphatic hydroxyl groups is 1. The van der Waals surface area contributed by atoms with Gasteiger partial charge in [0, 0.05) is 18.2 Å². The van der Waals surface area contributed by atoms with Gasteiger partial charge >= 0.3 is 0 Å². The van der Waals surface area contributed by atoms with Gasteiger partial charge in [0.25, 0.3) is 5.69 Å². The number of sulfonamides is 1. The van der Waals surface area contributed by atoms with Crippen molar-refractivity contribution in [3.63, 3.8) is 0 Å². The fourth-order valence-electron chi connectivity index (χ4n) is 1.27. The first-order valence-corrected chi connectivity index (χ1v) is 6.65. The summed E-state index contributed by atoms with van der Waals surface area (Å²) in [5.41, 5.74) is 0.129. The lowest BCUT2D eigenvalue weighted by Gasteiger charge is -2.08. The second-order valence-corrected chi connectivity index (χ2v) is 5.67. The Bertz CT molecular complexity index is 553. The van der Waals surface area contributed by atoms with E-state index in [4.69, 9.17) is 5.11 Å². The van der Waals surface area contributed by atoms with Crippen LogP contribution in [0.4, 0.5) is 5.69 Å². The van der Waals surface area contributed by atoms with Gasteiger partial charge in [0.2, 0.25) is 10.0 Å². The van der Waals surface area contributed by atoms with Crippen LogP contribution in [-0.4, -0.2) is 31.1 Å². The van der Waals surface area contributed by atoms with Gasteiger partial charge in [-0.1, -0.05) is 6.07 Å². The summed E-state index contributed by atoms with van der Waals surface area (Å²) in [7, 11) is -3.84. The van der Waals surface area contributed by atoms with E-state index in [9.17, 15) is 18.5 Å². The van der Waals surface area contributed by atoms with Crippen LogP contribution in [0.5, 0.6) is 0 Å². The molecule has 1 atom stereocenters. The topological polar surface area (TPSA) is 110 Å². The Morgan fingerprint density at radius 1 is 1.50 bits per heavy atom. The first kappa shape index (κ1) is 14.6. The molecule has 0 amide bonds. The molecule has 0 saturated carbocycles. The third-order valence-corrected chi connectivity index (χ3v) is 3.68. The lowest BCUT2D eigenvalue weighted by atomic mass is 10.2. The highest BCUT2D eigenvalue weighted by Gasteiger charge is 2.19. The van der Waals surface area contributed by atoms with Gasteiger partial charge in [0.15, 0.2) is 0 Å².